The van der Waals surface area contributed by atoms with Crippen molar-refractivity contribution in [2.75, 3.05) is 0 Å². The van der Waals surface area contributed by atoms with Gasteiger partial charge in [0, 0.05) is 18.6 Å². The monoisotopic (exact) mass is 317 g/mol. The lowest BCUT2D eigenvalue weighted by Gasteiger charge is -2.45. The van der Waals surface area contributed by atoms with Crippen LogP contribution in [-0.2, 0) is 6.54 Å². The van der Waals surface area contributed by atoms with Crippen LogP contribution in [0, 0.1) is 13.8 Å². The third-order valence-electron chi connectivity index (χ3n) is 5.58. The minimum Gasteiger partial charge on any atom is -0.289 e. The maximum atomic E-state index is 2.74. The first-order valence-electron chi connectivity index (χ1n) is 9.28. The molecule has 1 heteroatoms. The molecule has 2 unspecified atom stereocenters. The van der Waals surface area contributed by atoms with Crippen LogP contribution in [0.4, 0.5) is 0 Å². The average molecular weight is 317 g/mol. The van der Waals surface area contributed by atoms with E-state index >= 15 is 0 Å². The van der Waals surface area contributed by atoms with Crippen molar-refractivity contribution in [2.24, 2.45) is 0 Å². The molecule has 0 N–H and O–H groups in total. The number of hydrogen-bond acceptors (Lipinski definition) is 1. The van der Waals surface area contributed by atoms with E-state index in [-0.39, 0.29) is 0 Å². The lowest BCUT2D eigenvalue weighted by atomic mass is 9.82. The minimum atomic E-state index is 0.605. The summed E-state index contributed by atoms with van der Waals surface area (Å²) in [6.07, 6.45) is 7.78. The van der Waals surface area contributed by atoms with Crippen LogP contribution in [0.3, 0.4) is 0 Å². The molecule has 0 radical (unpaired) electrons. The van der Waals surface area contributed by atoms with Gasteiger partial charge in [-0.25, -0.2) is 0 Å². The molecule has 0 amide bonds. The second-order valence-electron chi connectivity index (χ2n) is 7.58. The van der Waals surface area contributed by atoms with Crippen LogP contribution in [0.15, 0.2) is 54.6 Å². The number of nitrogens with zero attached hydrogens (tertiary/aromatic N) is 1. The van der Waals surface area contributed by atoms with Gasteiger partial charge in [-0.2, -0.15) is 0 Å². The molecule has 2 aromatic rings. The topological polar surface area (TPSA) is 3.24 Å². The summed E-state index contributed by atoms with van der Waals surface area (Å²) in [5.41, 5.74) is 7.22. The first kappa shape index (κ1) is 15.7. The van der Waals surface area contributed by atoms with Crippen molar-refractivity contribution in [1.82, 2.24) is 4.90 Å². The summed E-state index contributed by atoms with van der Waals surface area (Å²) < 4.78 is 0. The van der Waals surface area contributed by atoms with Crippen LogP contribution in [0.2, 0.25) is 0 Å². The van der Waals surface area contributed by atoms with Crippen LogP contribution in [0.1, 0.15) is 47.9 Å². The Morgan fingerprint density at radius 2 is 1.71 bits per heavy atom. The summed E-state index contributed by atoms with van der Waals surface area (Å²) >= 11 is 0. The van der Waals surface area contributed by atoms with E-state index in [0.717, 1.165) is 6.54 Å². The van der Waals surface area contributed by atoms with Crippen molar-refractivity contribution in [3.8, 4) is 0 Å². The molecular weight excluding hydrogens is 290 g/mol. The van der Waals surface area contributed by atoms with E-state index in [1.54, 1.807) is 5.57 Å². The van der Waals surface area contributed by atoms with E-state index in [1.165, 1.54) is 47.9 Å². The van der Waals surface area contributed by atoms with Gasteiger partial charge in [-0.3, -0.25) is 4.90 Å². The van der Waals surface area contributed by atoms with Gasteiger partial charge in [0.25, 0.3) is 0 Å². The predicted octanol–water partition coefficient (Wildman–Crippen LogP) is 5.51. The number of benzene rings is 2. The second kappa shape index (κ2) is 6.57. The van der Waals surface area contributed by atoms with Gasteiger partial charge in [0.15, 0.2) is 0 Å². The van der Waals surface area contributed by atoms with Gasteiger partial charge in [-0.15, -0.1) is 0 Å². The summed E-state index contributed by atoms with van der Waals surface area (Å²) in [6.45, 7) is 5.51. The van der Waals surface area contributed by atoms with Gasteiger partial charge in [-0.05, 0) is 49.8 Å². The highest BCUT2D eigenvalue weighted by atomic mass is 15.2. The number of fused-ring (bicyclic) bond motifs is 2. The Morgan fingerprint density at radius 3 is 2.42 bits per heavy atom. The van der Waals surface area contributed by atoms with Crippen LogP contribution in [-0.4, -0.2) is 17.0 Å². The van der Waals surface area contributed by atoms with E-state index in [4.69, 9.17) is 0 Å². The lowest BCUT2D eigenvalue weighted by molar-refractivity contribution is 0.0951. The SMILES string of the molecule is Cc1cc(C)cc(C2=CC3CCCC(C2)N3Cc2ccccc2)c1. The van der Waals surface area contributed by atoms with E-state index in [1.807, 2.05) is 0 Å². The van der Waals surface area contributed by atoms with Crippen LogP contribution in [0.25, 0.3) is 5.57 Å². The van der Waals surface area contributed by atoms with Gasteiger partial charge >= 0.3 is 0 Å². The molecule has 2 aliphatic rings. The molecule has 1 nitrogen and oxygen atoms in total. The maximum Gasteiger partial charge on any atom is 0.0290 e. The van der Waals surface area contributed by atoms with E-state index in [0.29, 0.717) is 12.1 Å². The average Bonchev–Trinajstić information content (AvgIpc) is 2.54. The number of aryl methyl sites for hydroxylation is 2. The van der Waals surface area contributed by atoms with Gasteiger partial charge < -0.3 is 0 Å². The molecule has 2 aromatic carbocycles. The number of piperidine rings is 1. The summed E-state index contributed by atoms with van der Waals surface area (Å²) in [4.78, 5) is 2.74. The fourth-order valence-electron chi connectivity index (χ4n) is 4.53. The van der Waals surface area contributed by atoms with Crippen LogP contribution < -0.4 is 0 Å². The molecule has 2 aliphatic heterocycles. The van der Waals surface area contributed by atoms with Gasteiger partial charge in [0.2, 0.25) is 0 Å². The molecule has 1 fully saturated rings. The van der Waals surface area contributed by atoms with Crippen LogP contribution in [0.5, 0.6) is 0 Å². The molecule has 0 aromatic heterocycles. The normalized spacial score (nSPS) is 23.8. The molecule has 2 atom stereocenters. The fraction of sp³-hybridized carbons (Fsp3) is 0.391. The number of hydrogen-bond donors (Lipinski definition) is 0. The molecule has 0 saturated carbocycles. The molecule has 124 valence electrons. The molecule has 2 heterocycles. The van der Waals surface area contributed by atoms with Crippen molar-refractivity contribution in [1.29, 1.82) is 0 Å². The van der Waals surface area contributed by atoms with Crippen molar-refractivity contribution in [3.63, 3.8) is 0 Å². The Morgan fingerprint density at radius 1 is 0.958 bits per heavy atom. The molecule has 0 aliphatic carbocycles. The molecule has 2 bridgehead atoms. The zero-order valence-electron chi connectivity index (χ0n) is 14.8. The van der Waals surface area contributed by atoms with Gasteiger partial charge in [-0.1, -0.05) is 72.2 Å². The first-order chi connectivity index (χ1) is 11.7. The first-order valence-corrected chi connectivity index (χ1v) is 9.28. The molecule has 24 heavy (non-hydrogen) atoms. The third-order valence-corrected chi connectivity index (χ3v) is 5.58. The predicted molar refractivity (Wildman–Crippen MR) is 102 cm³/mol. The summed E-state index contributed by atoms with van der Waals surface area (Å²) in [5, 5.41) is 0. The smallest absolute Gasteiger partial charge is 0.0290 e. The lowest BCUT2D eigenvalue weighted by Crippen LogP contribution is -2.47. The third kappa shape index (κ3) is 3.18. The highest BCUT2D eigenvalue weighted by Crippen LogP contribution is 2.38. The van der Waals surface area contributed by atoms with Crippen LogP contribution >= 0.6 is 0 Å². The largest absolute Gasteiger partial charge is 0.289 e. The van der Waals surface area contributed by atoms with Crippen molar-refractivity contribution in [3.05, 3.63) is 76.9 Å². The molecule has 1 saturated heterocycles. The van der Waals surface area contributed by atoms with Crippen molar-refractivity contribution < 1.29 is 0 Å². The molecule has 4 rings (SSSR count). The van der Waals surface area contributed by atoms with E-state index in [9.17, 15) is 0 Å². The highest BCUT2D eigenvalue weighted by Gasteiger charge is 2.34. The summed E-state index contributed by atoms with van der Waals surface area (Å²) in [6, 6.07) is 19.3. The Labute approximate surface area is 146 Å². The van der Waals surface area contributed by atoms with Crippen molar-refractivity contribution >= 4 is 5.57 Å². The zero-order chi connectivity index (χ0) is 16.5. The van der Waals surface area contributed by atoms with Crippen molar-refractivity contribution in [2.45, 2.75) is 58.2 Å². The Balaban J connectivity index is 1.62. The Hall–Kier alpha value is -1.86. The molecule has 0 spiro atoms. The zero-order valence-corrected chi connectivity index (χ0v) is 14.8. The standard InChI is InChI=1S/C23H27N/c1-17-11-18(2)13-20(12-17)21-14-22-9-6-10-23(15-21)24(22)16-19-7-4-3-5-8-19/h3-5,7-8,11-14,22-23H,6,9-10,15-16H2,1-2H3. The highest BCUT2D eigenvalue weighted by molar-refractivity contribution is 5.69. The Bertz CT molecular complexity index is 724. The number of rotatable bonds is 3. The minimum absolute atomic E-state index is 0.605. The van der Waals surface area contributed by atoms with Gasteiger partial charge in [0.1, 0.15) is 0 Å². The molecular formula is C23H27N. The fourth-order valence-corrected chi connectivity index (χ4v) is 4.53. The van der Waals surface area contributed by atoms with Gasteiger partial charge in [0.05, 0.1) is 0 Å². The summed E-state index contributed by atoms with van der Waals surface area (Å²) in [7, 11) is 0. The Kier molecular flexibility index (Phi) is 4.28. The second-order valence-corrected chi connectivity index (χ2v) is 7.58. The maximum absolute atomic E-state index is 2.74. The van der Waals surface area contributed by atoms with E-state index < -0.39 is 0 Å². The quantitative estimate of drug-likeness (QED) is 0.721. The summed E-state index contributed by atoms with van der Waals surface area (Å²) in [5.74, 6) is 0. The van der Waals surface area contributed by atoms with E-state index in [2.05, 4.69) is 73.4 Å².